The van der Waals surface area contributed by atoms with Crippen molar-refractivity contribution < 1.29 is 38.9 Å². The van der Waals surface area contributed by atoms with Crippen molar-refractivity contribution in [2.75, 3.05) is 17.7 Å². The Labute approximate surface area is 289 Å². The molecule has 0 radical (unpaired) electrons. The second-order valence-corrected chi connectivity index (χ2v) is 12.2. The Morgan fingerprint density at radius 1 is 0.620 bits per heavy atom. The van der Waals surface area contributed by atoms with Crippen LogP contribution in [0.1, 0.15) is 67.2 Å². The average Bonchev–Trinajstić information content (AvgIpc) is 3.09. The number of methoxy groups -OCH3 is 1. The Kier molecular flexibility index (Phi) is 10.3. The van der Waals surface area contributed by atoms with Crippen LogP contribution in [0.5, 0.6) is 17.2 Å². The first-order valence-electron chi connectivity index (χ1n) is 15.7. The molecule has 0 aromatic heterocycles. The highest BCUT2D eigenvalue weighted by Gasteiger charge is 2.23. The van der Waals surface area contributed by atoms with E-state index in [4.69, 9.17) is 9.47 Å². The van der Waals surface area contributed by atoms with Gasteiger partial charge in [0.1, 0.15) is 17.2 Å². The van der Waals surface area contributed by atoms with Crippen LogP contribution in [0.25, 0.3) is 0 Å². The number of hydrogen-bond acceptors (Lipinski definition) is 6. The SMILES string of the molecule is COc1ccc(C(C)(C)c2ccc(Oc3ccc(C(=O)O)c(CC(=O)Nc4ccc(NC(=O)c5cc(C)ccc5C(=O)O)cc4)c3)cc2)cc1. The van der Waals surface area contributed by atoms with Gasteiger partial charge >= 0.3 is 11.9 Å². The molecule has 5 aromatic rings. The number of benzene rings is 5. The van der Waals surface area contributed by atoms with Gasteiger partial charge < -0.3 is 30.3 Å². The zero-order valence-corrected chi connectivity index (χ0v) is 27.9. The minimum Gasteiger partial charge on any atom is -0.497 e. The number of ether oxygens (including phenoxy) is 2. The van der Waals surface area contributed by atoms with E-state index < -0.39 is 23.8 Å². The molecule has 4 N–H and O–H groups in total. The summed E-state index contributed by atoms with van der Waals surface area (Å²) in [6, 6.07) is 30.8. The topological polar surface area (TPSA) is 151 Å². The van der Waals surface area contributed by atoms with Gasteiger partial charge in [-0.05, 0) is 102 Å². The van der Waals surface area contributed by atoms with E-state index in [1.807, 2.05) is 48.5 Å². The molecular weight excluding hydrogens is 636 g/mol. The monoisotopic (exact) mass is 672 g/mol. The quantitative estimate of drug-likeness (QED) is 0.104. The summed E-state index contributed by atoms with van der Waals surface area (Å²) in [5, 5.41) is 24.6. The Bertz CT molecular complexity index is 2050. The molecule has 0 bridgehead atoms. The summed E-state index contributed by atoms with van der Waals surface area (Å²) in [7, 11) is 1.63. The lowest BCUT2D eigenvalue weighted by Crippen LogP contribution is -2.18. The van der Waals surface area contributed by atoms with Crippen LogP contribution in [-0.2, 0) is 16.6 Å². The van der Waals surface area contributed by atoms with Crippen molar-refractivity contribution in [3.05, 3.63) is 148 Å². The van der Waals surface area contributed by atoms with Gasteiger partial charge in [-0.1, -0.05) is 49.7 Å². The molecule has 5 rings (SSSR count). The number of aromatic carboxylic acids is 2. The first kappa shape index (κ1) is 34.9. The molecule has 0 aliphatic carbocycles. The van der Waals surface area contributed by atoms with Gasteiger partial charge in [0.25, 0.3) is 5.91 Å². The number of carbonyl (C=O) groups excluding carboxylic acids is 2. The first-order valence-corrected chi connectivity index (χ1v) is 15.7. The second kappa shape index (κ2) is 14.8. The van der Waals surface area contributed by atoms with Crippen molar-refractivity contribution in [3.8, 4) is 17.2 Å². The summed E-state index contributed by atoms with van der Waals surface area (Å²) in [6.07, 6.45) is -0.238. The molecule has 10 heteroatoms. The number of aryl methyl sites for hydroxylation is 1. The molecule has 0 atom stereocenters. The lowest BCUT2D eigenvalue weighted by molar-refractivity contribution is -0.115. The zero-order chi connectivity index (χ0) is 36.0. The lowest BCUT2D eigenvalue weighted by Gasteiger charge is -2.26. The highest BCUT2D eigenvalue weighted by atomic mass is 16.5. The number of amides is 2. The van der Waals surface area contributed by atoms with Crippen LogP contribution in [-0.4, -0.2) is 41.1 Å². The molecule has 0 saturated carbocycles. The van der Waals surface area contributed by atoms with E-state index in [2.05, 4.69) is 24.5 Å². The third-order valence-electron chi connectivity index (χ3n) is 8.36. The molecule has 0 saturated heterocycles. The molecule has 254 valence electrons. The van der Waals surface area contributed by atoms with E-state index in [0.29, 0.717) is 22.9 Å². The molecule has 0 aliphatic heterocycles. The Morgan fingerprint density at radius 3 is 1.70 bits per heavy atom. The Balaban J connectivity index is 1.24. The zero-order valence-electron chi connectivity index (χ0n) is 27.9. The van der Waals surface area contributed by atoms with Gasteiger partial charge in [-0.3, -0.25) is 9.59 Å². The largest absolute Gasteiger partial charge is 0.497 e. The molecule has 0 fully saturated rings. The van der Waals surface area contributed by atoms with Gasteiger partial charge in [0.2, 0.25) is 5.91 Å². The molecule has 0 spiro atoms. The summed E-state index contributed by atoms with van der Waals surface area (Å²) in [5.41, 5.74) is 3.60. The second-order valence-electron chi connectivity index (χ2n) is 12.2. The smallest absolute Gasteiger partial charge is 0.336 e. The van der Waals surface area contributed by atoms with Crippen LogP contribution in [0.4, 0.5) is 11.4 Å². The van der Waals surface area contributed by atoms with E-state index in [1.54, 1.807) is 50.4 Å². The standard InChI is InChI=1S/C40H36N2O8/c1-24-5-19-34(39(47)48)35(21-24)37(44)42-29-12-10-28(11-13-29)41-36(43)23-25-22-32(18-20-33(25)38(45)46)50-31-16-8-27(9-17-31)40(2,3)26-6-14-30(49-4)15-7-26/h5-22H,23H2,1-4H3,(H,41,43)(H,42,44)(H,45,46)(H,47,48). The number of carbonyl (C=O) groups is 4. The third-order valence-corrected chi connectivity index (χ3v) is 8.36. The van der Waals surface area contributed by atoms with Crippen LogP contribution in [0, 0.1) is 6.92 Å². The predicted octanol–water partition coefficient (Wildman–Crippen LogP) is 7.95. The number of rotatable bonds is 12. The van der Waals surface area contributed by atoms with Gasteiger partial charge in [0.05, 0.1) is 30.2 Å². The summed E-state index contributed by atoms with van der Waals surface area (Å²) in [6.45, 7) is 6.01. The van der Waals surface area contributed by atoms with Gasteiger partial charge in [-0.15, -0.1) is 0 Å². The van der Waals surface area contributed by atoms with Crippen LogP contribution in [0.3, 0.4) is 0 Å². The van der Waals surface area contributed by atoms with Gasteiger partial charge in [-0.25, -0.2) is 9.59 Å². The first-order chi connectivity index (χ1) is 23.8. The van der Waals surface area contributed by atoms with Crippen LogP contribution in [0.15, 0.2) is 109 Å². The number of carboxylic acids is 2. The van der Waals surface area contributed by atoms with Crippen molar-refractivity contribution in [2.45, 2.75) is 32.6 Å². The normalized spacial score (nSPS) is 11.0. The average molecular weight is 673 g/mol. The third kappa shape index (κ3) is 8.16. The molecule has 50 heavy (non-hydrogen) atoms. The molecule has 10 nitrogen and oxygen atoms in total. The summed E-state index contributed by atoms with van der Waals surface area (Å²) in [4.78, 5) is 49.4. The Morgan fingerprint density at radius 2 is 1.14 bits per heavy atom. The fourth-order valence-corrected chi connectivity index (χ4v) is 5.48. The maximum Gasteiger partial charge on any atom is 0.336 e. The van der Waals surface area contributed by atoms with Crippen molar-refractivity contribution in [1.82, 2.24) is 0 Å². The van der Waals surface area contributed by atoms with E-state index in [-0.39, 0.29) is 34.1 Å². The fraction of sp³-hybridized carbons (Fsp3) is 0.150. The Hall–Kier alpha value is -6.42. The van der Waals surface area contributed by atoms with Crippen LogP contribution in [0.2, 0.25) is 0 Å². The van der Waals surface area contributed by atoms with Crippen molar-refractivity contribution in [3.63, 3.8) is 0 Å². The van der Waals surface area contributed by atoms with E-state index in [1.165, 1.54) is 24.3 Å². The number of anilines is 2. The highest BCUT2D eigenvalue weighted by Crippen LogP contribution is 2.34. The number of hydrogen-bond donors (Lipinski definition) is 4. The van der Waals surface area contributed by atoms with Gasteiger partial charge in [-0.2, -0.15) is 0 Å². The minimum absolute atomic E-state index is 0.0287. The van der Waals surface area contributed by atoms with Crippen molar-refractivity contribution in [2.24, 2.45) is 0 Å². The van der Waals surface area contributed by atoms with Gasteiger partial charge in [0.15, 0.2) is 0 Å². The summed E-state index contributed by atoms with van der Waals surface area (Å²) < 4.78 is 11.3. The van der Waals surface area contributed by atoms with Crippen LogP contribution >= 0.6 is 0 Å². The van der Waals surface area contributed by atoms with E-state index in [0.717, 1.165) is 22.4 Å². The van der Waals surface area contributed by atoms with E-state index >= 15 is 0 Å². The number of carboxylic acid groups (broad SMARTS) is 2. The van der Waals surface area contributed by atoms with Crippen molar-refractivity contribution >= 4 is 35.1 Å². The molecule has 5 aromatic carbocycles. The highest BCUT2D eigenvalue weighted by molar-refractivity contribution is 6.11. The van der Waals surface area contributed by atoms with E-state index in [9.17, 15) is 29.4 Å². The van der Waals surface area contributed by atoms with Crippen molar-refractivity contribution in [1.29, 1.82) is 0 Å². The maximum absolute atomic E-state index is 13.0. The maximum atomic E-state index is 13.0. The lowest BCUT2D eigenvalue weighted by atomic mass is 9.78. The van der Waals surface area contributed by atoms with Crippen LogP contribution < -0.4 is 20.1 Å². The molecular formula is C40H36N2O8. The number of nitrogens with one attached hydrogen (secondary N) is 2. The summed E-state index contributed by atoms with van der Waals surface area (Å²) >= 11 is 0. The van der Waals surface area contributed by atoms with Gasteiger partial charge in [0, 0.05) is 16.8 Å². The predicted molar refractivity (Wildman–Crippen MR) is 190 cm³/mol. The molecule has 0 unspecified atom stereocenters. The molecule has 2 amide bonds. The summed E-state index contributed by atoms with van der Waals surface area (Å²) in [5.74, 6) is -1.72. The molecule has 0 heterocycles. The molecule has 0 aliphatic rings. The minimum atomic E-state index is -1.21. The fourth-order valence-electron chi connectivity index (χ4n) is 5.48.